The van der Waals surface area contributed by atoms with Crippen LogP contribution in [0, 0.1) is 0 Å². The average molecular weight is 281 g/mol. The van der Waals surface area contributed by atoms with Gasteiger partial charge in [0.15, 0.2) is 0 Å². The van der Waals surface area contributed by atoms with Crippen LogP contribution in [0.2, 0.25) is 0 Å². The number of hydrogen-bond donors (Lipinski definition) is 2. The van der Waals surface area contributed by atoms with Crippen molar-refractivity contribution in [1.29, 1.82) is 0 Å². The summed E-state index contributed by atoms with van der Waals surface area (Å²) in [7, 11) is 0. The second-order valence-corrected chi connectivity index (χ2v) is 5.15. The van der Waals surface area contributed by atoms with Gasteiger partial charge in [-0.1, -0.05) is 12.1 Å². The first-order chi connectivity index (χ1) is 10.1. The molecule has 0 aromatic heterocycles. The van der Waals surface area contributed by atoms with Crippen LogP contribution in [0.3, 0.4) is 0 Å². The van der Waals surface area contributed by atoms with Gasteiger partial charge in [0.05, 0.1) is 5.69 Å². The zero-order valence-corrected chi connectivity index (χ0v) is 11.4. The Bertz CT molecular complexity index is 735. The highest BCUT2D eigenvalue weighted by molar-refractivity contribution is 5.92. The van der Waals surface area contributed by atoms with Crippen LogP contribution in [0.1, 0.15) is 33.5 Å². The number of carboxylic acids is 1. The molecule has 0 unspecified atom stereocenters. The summed E-state index contributed by atoms with van der Waals surface area (Å²) in [5.74, 6) is -1.42. The predicted octanol–water partition coefficient (Wildman–Crippen LogP) is 3.33. The Kier molecular flexibility index (Phi) is 3.44. The molecule has 106 valence electrons. The summed E-state index contributed by atoms with van der Waals surface area (Å²) < 4.78 is 0. The van der Waals surface area contributed by atoms with Gasteiger partial charge in [-0.15, -0.1) is 0 Å². The number of aryl methyl sites for hydroxylation is 2. The first-order valence-corrected chi connectivity index (χ1v) is 6.85. The van der Waals surface area contributed by atoms with Crippen LogP contribution in [0.15, 0.2) is 41.4 Å². The maximum Gasteiger partial charge on any atom is 0.339 e. The number of phenols is 1. The number of aliphatic imine (C=N–C) groups is 1. The first-order valence-electron chi connectivity index (χ1n) is 6.85. The SMILES string of the molecule is O=C(O)c1cc(/N=C/c2ccc3c(c2)CCC3)ccc1O. The van der Waals surface area contributed by atoms with E-state index in [-0.39, 0.29) is 11.3 Å². The summed E-state index contributed by atoms with van der Waals surface area (Å²) >= 11 is 0. The van der Waals surface area contributed by atoms with Crippen molar-refractivity contribution in [3.05, 3.63) is 58.7 Å². The van der Waals surface area contributed by atoms with Gasteiger partial charge in [-0.2, -0.15) is 0 Å². The number of benzene rings is 2. The van der Waals surface area contributed by atoms with Crippen LogP contribution in [-0.2, 0) is 12.8 Å². The molecule has 0 fully saturated rings. The minimum atomic E-state index is -1.16. The van der Waals surface area contributed by atoms with Crippen LogP contribution in [0.25, 0.3) is 0 Å². The van der Waals surface area contributed by atoms with Gasteiger partial charge in [0.1, 0.15) is 11.3 Å². The van der Waals surface area contributed by atoms with Crippen LogP contribution in [-0.4, -0.2) is 22.4 Å². The molecular weight excluding hydrogens is 266 g/mol. The Morgan fingerprint density at radius 2 is 1.90 bits per heavy atom. The van der Waals surface area contributed by atoms with Gasteiger partial charge >= 0.3 is 5.97 Å². The normalized spacial score (nSPS) is 13.5. The monoisotopic (exact) mass is 281 g/mol. The molecule has 0 aliphatic heterocycles. The number of fused-ring (bicyclic) bond motifs is 1. The number of nitrogens with zero attached hydrogens (tertiary/aromatic N) is 1. The minimum absolute atomic E-state index is 0.140. The molecule has 2 aromatic carbocycles. The zero-order chi connectivity index (χ0) is 14.8. The van der Waals surface area contributed by atoms with E-state index in [0.717, 1.165) is 18.4 Å². The summed E-state index contributed by atoms with van der Waals surface area (Å²) in [4.78, 5) is 15.3. The van der Waals surface area contributed by atoms with Crippen LogP contribution >= 0.6 is 0 Å². The lowest BCUT2D eigenvalue weighted by Crippen LogP contribution is -1.95. The van der Waals surface area contributed by atoms with Crippen molar-refractivity contribution in [2.75, 3.05) is 0 Å². The van der Waals surface area contributed by atoms with E-state index in [4.69, 9.17) is 5.11 Å². The van der Waals surface area contributed by atoms with E-state index in [1.54, 1.807) is 12.3 Å². The first kappa shape index (κ1) is 13.4. The van der Waals surface area contributed by atoms with E-state index in [9.17, 15) is 9.90 Å². The van der Waals surface area contributed by atoms with Crippen LogP contribution in [0.5, 0.6) is 5.75 Å². The lowest BCUT2D eigenvalue weighted by molar-refractivity contribution is 0.0694. The molecule has 0 atom stereocenters. The summed E-state index contributed by atoms with van der Waals surface area (Å²) in [6.45, 7) is 0. The fourth-order valence-electron chi connectivity index (χ4n) is 2.60. The molecule has 1 aliphatic carbocycles. The lowest BCUT2D eigenvalue weighted by atomic mass is 10.1. The van der Waals surface area contributed by atoms with Gasteiger partial charge in [0, 0.05) is 6.21 Å². The molecule has 0 radical (unpaired) electrons. The summed E-state index contributed by atoms with van der Waals surface area (Å²) in [5, 5.41) is 18.4. The Morgan fingerprint density at radius 3 is 2.71 bits per heavy atom. The molecular formula is C17H15NO3. The smallest absolute Gasteiger partial charge is 0.339 e. The minimum Gasteiger partial charge on any atom is -0.507 e. The average Bonchev–Trinajstić information content (AvgIpc) is 2.93. The molecule has 0 amide bonds. The highest BCUT2D eigenvalue weighted by atomic mass is 16.4. The Balaban J connectivity index is 1.86. The van der Waals surface area contributed by atoms with Crippen LogP contribution in [0.4, 0.5) is 5.69 Å². The van der Waals surface area contributed by atoms with E-state index in [2.05, 4.69) is 17.1 Å². The largest absolute Gasteiger partial charge is 0.507 e. The van der Waals surface area contributed by atoms with E-state index >= 15 is 0 Å². The van der Waals surface area contributed by atoms with Crippen molar-refractivity contribution in [2.45, 2.75) is 19.3 Å². The molecule has 0 bridgehead atoms. The molecule has 2 aromatic rings. The van der Waals surface area contributed by atoms with Crippen LogP contribution < -0.4 is 0 Å². The fourth-order valence-corrected chi connectivity index (χ4v) is 2.60. The highest BCUT2D eigenvalue weighted by Crippen LogP contribution is 2.24. The van der Waals surface area contributed by atoms with E-state index in [0.29, 0.717) is 5.69 Å². The number of carbonyl (C=O) groups is 1. The van der Waals surface area contributed by atoms with Crippen molar-refractivity contribution in [2.24, 2.45) is 4.99 Å². The number of hydrogen-bond acceptors (Lipinski definition) is 3. The van der Waals surface area contributed by atoms with E-state index in [1.165, 1.54) is 29.7 Å². The molecule has 3 rings (SSSR count). The van der Waals surface area contributed by atoms with Crippen molar-refractivity contribution in [3.63, 3.8) is 0 Å². The summed E-state index contributed by atoms with van der Waals surface area (Å²) in [6.07, 6.45) is 5.18. The topological polar surface area (TPSA) is 69.9 Å². The van der Waals surface area contributed by atoms with Gasteiger partial charge in [0.2, 0.25) is 0 Å². The molecule has 2 N–H and O–H groups in total. The van der Waals surface area contributed by atoms with Gasteiger partial charge in [-0.05, 0) is 60.2 Å². The van der Waals surface area contributed by atoms with E-state index in [1.807, 2.05) is 6.07 Å². The second-order valence-electron chi connectivity index (χ2n) is 5.15. The second kappa shape index (κ2) is 5.40. The van der Waals surface area contributed by atoms with Crippen molar-refractivity contribution in [1.82, 2.24) is 0 Å². The van der Waals surface area contributed by atoms with Crippen molar-refractivity contribution < 1.29 is 15.0 Å². The molecule has 0 spiro atoms. The Morgan fingerprint density at radius 1 is 1.10 bits per heavy atom. The summed E-state index contributed by atoms with van der Waals surface area (Å²) in [6, 6.07) is 10.6. The standard InChI is InChI=1S/C17H15NO3/c19-16-7-6-14(9-15(16)17(20)21)18-10-11-4-5-12-2-1-3-13(12)8-11/h4-10,19H,1-3H2,(H,20,21)/b18-10+. The third-order valence-corrected chi connectivity index (χ3v) is 3.70. The van der Waals surface area contributed by atoms with E-state index < -0.39 is 5.97 Å². The zero-order valence-electron chi connectivity index (χ0n) is 11.4. The van der Waals surface area contributed by atoms with Gasteiger partial charge in [0.25, 0.3) is 0 Å². The number of aromatic hydroxyl groups is 1. The summed E-state index contributed by atoms with van der Waals surface area (Å²) in [5.41, 5.74) is 4.14. The highest BCUT2D eigenvalue weighted by Gasteiger charge is 2.11. The number of carboxylic acid groups (broad SMARTS) is 1. The maximum absolute atomic E-state index is 11.0. The molecule has 0 saturated heterocycles. The lowest BCUT2D eigenvalue weighted by Gasteiger charge is -2.02. The molecule has 4 nitrogen and oxygen atoms in total. The number of aromatic carboxylic acids is 1. The fraction of sp³-hybridized carbons (Fsp3) is 0.176. The Hall–Kier alpha value is -2.62. The molecule has 0 heterocycles. The van der Waals surface area contributed by atoms with Gasteiger partial charge in [-0.25, -0.2) is 4.79 Å². The molecule has 1 aliphatic rings. The molecule has 4 heteroatoms. The Labute approximate surface area is 122 Å². The molecule has 21 heavy (non-hydrogen) atoms. The third-order valence-electron chi connectivity index (χ3n) is 3.70. The van der Waals surface area contributed by atoms with Crippen molar-refractivity contribution in [3.8, 4) is 5.75 Å². The molecule has 0 saturated carbocycles. The quantitative estimate of drug-likeness (QED) is 0.848. The maximum atomic E-state index is 11.0. The van der Waals surface area contributed by atoms with Gasteiger partial charge in [-0.3, -0.25) is 4.99 Å². The predicted molar refractivity (Wildman–Crippen MR) is 80.8 cm³/mol. The van der Waals surface area contributed by atoms with Gasteiger partial charge < -0.3 is 10.2 Å². The number of rotatable bonds is 3. The van der Waals surface area contributed by atoms with Crippen molar-refractivity contribution >= 4 is 17.9 Å². The third kappa shape index (κ3) is 2.79.